The number of hydrogen-bond donors (Lipinski definition) is 2. The number of hydrogen-bond acceptors (Lipinski definition) is 2. The normalized spacial score (nSPS) is 19.2. The fourth-order valence-corrected chi connectivity index (χ4v) is 3.72. The average molecular weight is 345 g/mol. The summed E-state index contributed by atoms with van der Waals surface area (Å²) in [5, 5.41) is 7.00. The summed E-state index contributed by atoms with van der Waals surface area (Å²) in [7, 11) is 1.85. The number of guanidine groups is 1. The van der Waals surface area contributed by atoms with Gasteiger partial charge in [-0.25, -0.2) is 0 Å². The van der Waals surface area contributed by atoms with Gasteiger partial charge >= 0.3 is 0 Å². The summed E-state index contributed by atoms with van der Waals surface area (Å²) < 4.78 is 0. The van der Waals surface area contributed by atoms with Crippen molar-refractivity contribution in [2.75, 3.05) is 33.2 Å². The molecule has 0 amide bonds. The molecular formula is C21H36N4. The first-order valence-electron chi connectivity index (χ1n) is 9.86. The molecule has 1 fully saturated rings. The Kier molecular flexibility index (Phi) is 8.26. The maximum Gasteiger partial charge on any atom is 0.191 e. The molecule has 1 aromatic rings. The fourth-order valence-electron chi connectivity index (χ4n) is 3.72. The van der Waals surface area contributed by atoms with Gasteiger partial charge in [0.2, 0.25) is 0 Å². The molecule has 25 heavy (non-hydrogen) atoms. The Hall–Kier alpha value is -1.55. The van der Waals surface area contributed by atoms with Crippen molar-refractivity contribution in [3.63, 3.8) is 0 Å². The minimum absolute atomic E-state index is 0.717. The van der Waals surface area contributed by atoms with Crippen LogP contribution in [-0.4, -0.2) is 44.1 Å². The van der Waals surface area contributed by atoms with Gasteiger partial charge in [0, 0.05) is 33.2 Å². The second-order valence-electron chi connectivity index (χ2n) is 7.59. The van der Waals surface area contributed by atoms with Crippen molar-refractivity contribution >= 4 is 5.96 Å². The van der Waals surface area contributed by atoms with Crippen LogP contribution in [0, 0.1) is 11.8 Å². The maximum atomic E-state index is 4.39. The van der Waals surface area contributed by atoms with E-state index in [1.807, 2.05) is 7.05 Å². The van der Waals surface area contributed by atoms with E-state index in [9.17, 15) is 0 Å². The van der Waals surface area contributed by atoms with Crippen LogP contribution in [0.4, 0.5) is 0 Å². The largest absolute Gasteiger partial charge is 0.356 e. The summed E-state index contributed by atoms with van der Waals surface area (Å²) in [6.07, 6.45) is 3.70. The summed E-state index contributed by atoms with van der Waals surface area (Å²) in [6, 6.07) is 8.63. The number of piperidine rings is 1. The van der Waals surface area contributed by atoms with Gasteiger partial charge in [0.25, 0.3) is 0 Å². The molecule has 1 aromatic carbocycles. The third kappa shape index (κ3) is 6.69. The average Bonchev–Trinajstić information content (AvgIpc) is 2.62. The minimum atomic E-state index is 0.717. The minimum Gasteiger partial charge on any atom is -0.356 e. The smallest absolute Gasteiger partial charge is 0.191 e. The lowest BCUT2D eigenvalue weighted by Crippen LogP contribution is -2.45. The van der Waals surface area contributed by atoms with Gasteiger partial charge in [-0.15, -0.1) is 0 Å². The van der Waals surface area contributed by atoms with Gasteiger partial charge in [0.15, 0.2) is 5.96 Å². The predicted molar refractivity (Wildman–Crippen MR) is 108 cm³/mol. The lowest BCUT2D eigenvalue weighted by Gasteiger charge is -2.34. The lowest BCUT2D eigenvalue weighted by atomic mass is 9.97. The van der Waals surface area contributed by atoms with Crippen LogP contribution >= 0.6 is 0 Å². The Morgan fingerprint density at radius 3 is 2.68 bits per heavy atom. The summed E-state index contributed by atoms with van der Waals surface area (Å²) in [5.41, 5.74) is 2.76. The van der Waals surface area contributed by atoms with Gasteiger partial charge in [-0.2, -0.15) is 0 Å². The molecule has 0 spiro atoms. The zero-order valence-electron chi connectivity index (χ0n) is 16.5. The van der Waals surface area contributed by atoms with Crippen LogP contribution in [0.5, 0.6) is 0 Å². The van der Waals surface area contributed by atoms with Crippen molar-refractivity contribution < 1.29 is 0 Å². The summed E-state index contributed by atoms with van der Waals surface area (Å²) >= 11 is 0. The van der Waals surface area contributed by atoms with Gasteiger partial charge in [0.1, 0.15) is 0 Å². The van der Waals surface area contributed by atoms with Crippen molar-refractivity contribution in [3.05, 3.63) is 35.4 Å². The first-order valence-corrected chi connectivity index (χ1v) is 9.86. The van der Waals surface area contributed by atoms with Crippen LogP contribution in [0.2, 0.25) is 0 Å². The fraction of sp³-hybridized carbons (Fsp3) is 0.667. The highest BCUT2D eigenvalue weighted by Gasteiger charge is 2.20. The summed E-state index contributed by atoms with van der Waals surface area (Å²) in [6.45, 7) is 12.3. The third-order valence-corrected chi connectivity index (χ3v) is 4.95. The topological polar surface area (TPSA) is 39.7 Å². The van der Waals surface area contributed by atoms with Crippen LogP contribution in [-0.2, 0) is 13.0 Å². The van der Waals surface area contributed by atoms with Crippen molar-refractivity contribution in [1.82, 2.24) is 15.5 Å². The molecule has 2 N–H and O–H groups in total. The third-order valence-electron chi connectivity index (χ3n) is 4.95. The van der Waals surface area contributed by atoms with Crippen LogP contribution < -0.4 is 10.6 Å². The van der Waals surface area contributed by atoms with E-state index in [1.165, 1.54) is 43.6 Å². The second-order valence-corrected chi connectivity index (χ2v) is 7.59. The van der Waals surface area contributed by atoms with Crippen molar-refractivity contribution in [2.24, 2.45) is 16.8 Å². The van der Waals surface area contributed by atoms with Crippen LogP contribution in [0.15, 0.2) is 29.3 Å². The first-order chi connectivity index (χ1) is 12.1. The Morgan fingerprint density at radius 1 is 1.24 bits per heavy atom. The summed E-state index contributed by atoms with van der Waals surface area (Å²) in [4.78, 5) is 7.01. The molecule has 1 unspecified atom stereocenters. The number of nitrogens with one attached hydrogen (secondary N) is 2. The van der Waals surface area contributed by atoms with E-state index in [1.54, 1.807) is 0 Å². The molecule has 0 saturated carbocycles. The molecule has 0 aliphatic carbocycles. The predicted octanol–water partition coefficient (Wildman–Crippen LogP) is 3.28. The van der Waals surface area contributed by atoms with Gasteiger partial charge in [-0.05, 0) is 48.8 Å². The zero-order chi connectivity index (χ0) is 18.1. The summed E-state index contributed by atoms with van der Waals surface area (Å²) in [5.74, 6) is 2.38. The molecule has 140 valence electrons. The molecule has 1 saturated heterocycles. The Morgan fingerprint density at radius 2 is 2.00 bits per heavy atom. The number of rotatable bonds is 7. The highest BCUT2D eigenvalue weighted by molar-refractivity contribution is 5.79. The van der Waals surface area contributed by atoms with E-state index in [0.29, 0.717) is 5.92 Å². The zero-order valence-corrected chi connectivity index (χ0v) is 16.5. The molecule has 0 radical (unpaired) electrons. The molecule has 1 aliphatic heterocycles. The molecule has 0 bridgehead atoms. The first kappa shape index (κ1) is 19.8. The van der Waals surface area contributed by atoms with Crippen LogP contribution in [0.1, 0.15) is 44.7 Å². The van der Waals surface area contributed by atoms with Crippen molar-refractivity contribution in [2.45, 2.75) is 46.6 Å². The molecule has 4 heteroatoms. The van der Waals surface area contributed by atoms with Crippen LogP contribution in [0.25, 0.3) is 0 Å². The number of likely N-dealkylation sites (tertiary alicyclic amines) is 1. The number of nitrogens with zero attached hydrogens (tertiary/aromatic N) is 2. The van der Waals surface area contributed by atoms with E-state index in [2.05, 4.69) is 65.6 Å². The van der Waals surface area contributed by atoms with E-state index in [4.69, 9.17) is 0 Å². The number of aliphatic imine (C=N–C) groups is 1. The molecule has 4 nitrogen and oxygen atoms in total. The molecule has 1 heterocycles. The van der Waals surface area contributed by atoms with E-state index in [0.717, 1.165) is 31.4 Å². The molecule has 0 aromatic heterocycles. The van der Waals surface area contributed by atoms with Crippen molar-refractivity contribution in [1.29, 1.82) is 0 Å². The maximum absolute atomic E-state index is 4.39. The highest BCUT2D eigenvalue weighted by atomic mass is 15.2. The SMILES string of the molecule is CCc1ccccc1CNC(=NC)NCC1CCCN(CC(C)C)C1. The van der Waals surface area contributed by atoms with E-state index in [-0.39, 0.29) is 0 Å². The second kappa shape index (κ2) is 10.4. The highest BCUT2D eigenvalue weighted by Crippen LogP contribution is 2.16. The van der Waals surface area contributed by atoms with Gasteiger partial charge < -0.3 is 15.5 Å². The quantitative estimate of drug-likeness (QED) is 0.589. The van der Waals surface area contributed by atoms with Crippen molar-refractivity contribution in [3.8, 4) is 0 Å². The molecule has 1 atom stereocenters. The number of benzene rings is 1. The Bertz CT molecular complexity index is 538. The molecular weight excluding hydrogens is 308 g/mol. The molecule has 1 aliphatic rings. The van der Waals surface area contributed by atoms with Gasteiger partial charge in [0.05, 0.1) is 0 Å². The van der Waals surface area contributed by atoms with E-state index >= 15 is 0 Å². The van der Waals surface area contributed by atoms with Gasteiger partial charge in [-0.3, -0.25) is 4.99 Å². The number of aryl methyl sites for hydroxylation is 1. The monoisotopic (exact) mass is 344 g/mol. The van der Waals surface area contributed by atoms with Crippen LogP contribution in [0.3, 0.4) is 0 Å². The Balaban J connectivity index is 1.78. The lowest BCUT2D eigenvalue weighted by molar-refractivity contribution is 0.159. The van der Waals surface area contributed by atoms with E-state index < -0.39 is 0 Å². The standard InChI is InChI=1S/C21H36N4/c1-5-19-10-6-7-11-20(19)14-24-21(22-4)23-13-18-9-8-12-25(16-18)15-17(2)3/h6-7,10-11,17-18H,5,8-9,12-16H2,1-4H3,(H2,22,23,24). The molecule has 2 rings (SSSR count). The van der Waals surface area contributed by atoms with Gasteiger partial charge in [-0.1, -0.05) is 45.0 Å². The Labute approximate surface area is 154 Å².